The van der Waals surface area contributed by atoms with Crippen molar-refractivity contribution < 1.29 is 4.79 Å². The molecule has 2 aromatic rings. The van der Waals surface area contributed by atoms with Gasteiger partial charge in [-0.05, 0) is 36.4 Å². The standard InChI is InChI=1S/C15H17N3O/c16-13-8-6-12(7-9-13)15(19)18-11-10-17-14-4-2-1-3-5-14/h1-9,17H,10-11,16H2,(H,18,19). The molecular weight excluding hydrogens is 238 g/mol. The highest BCUT2D eigenvalue weighted by atomic mass is 16.1. The average molecular weight is 255 g/mol. The number of amides is 1. The summed E-state index contributed by atoms with van der Waals surface area (Å²) in [5.74, 6) is -0.0881. The van der Waals surface area contributed by atoms with Crippen LogP contribution in [-0.4, -0.2) is 19.0 Å². The number of hydrogen-bond donors (Lipinski definition) is 3. The Morgan fingerprint density at radius 1 is 0.947 bits per heavy atom. The van der Waals surface area contributed by atoms with Crippen LogP contribution in [-0.2, 0) is 0 Å². The van der Waals surface area contributed by atoms with Gasteiger partial charge < -0.3 is 16.4 Å². The Labute approximate surface area is 112 Å². The predicted octanol–water partition coefficient (Wildman–Crippen LogP) is 2.11. The summed E-state index contributed by atoms with van der Waals surface area (Å²) in [5.41, 5.74) is 7.89. The van der Waals surface area contributed by atoms with Crippen LogP contribution in [0, 0.1) is 0 Å². The number of nitrogen functional groups attached to an aromatic ring is 1. The van der Waals surface area contributed by atoms with Crippen molar-refractivity contribution in [1.29, 1.82) is 0 Å². The lowest BCUT2D eigenvalue weighted by Gasteiger charge is -2.08. The second-order valence-corrected chi connectivity index (χ2v) is 4.17. The first-order valence-electron chi connectivity index (χ1n) is 6.18. The minimum Gasteiger partial charge on any atom is -0.399 e. The van der Waals surface area contributed by atoms with Crippen molar-refractivity contribution in [3.05, 3.63) is 60.2 Å². The normalized spacial score (nSPS) is 9.89. The fourth-order valence-electron chi connectivity index (χ4n) is 1.68. The van der Waals surface area contributed by atoms with Crippen LogP contribution in [0.5, 0.6) is 0 Å². The maximum Gasteiger partial charge on any atom is 0.251 e. The third-order valence-electron chi connectivity index (χ3n) is 2.69. The highest BCUT2D eigenvalue weighted by molar-refractivity contribution is 5.94. The molecule has 4 N–H and O–H groups in total. The molecule has 0 saturated carbocycles. The Morgan fingerprint density at radius 2 is 1.63 bits per heavy atom. The van der Waals surface area contributed by atoms with E-state index in [1.165, 1.54) is 0 Å². The van der Waals surface area contributed by atoms with E-state index in [9.17, 15) is 4.79 Å². The zero-order valence-electron chi connectivity index (χ0n) is 10.6. The van der Waals surface area contributed by atoms with Crippen LogP contribution in [0.3, 0.4) is 0 Å². The summed E-state index contributed by atoms with van der Waals surface area (Å²) in [6.45, 7) is 1.25. The third kappa shape index (κ3) is 4.03. The summed E-state index contributed by atoms with van der Waals surface area (Å²) in [7, 11) is 0. The first-order valence-corrected chi connectivity index (χ1v) is 6.18. The second-order valence-electron chi connectivity index (χ2n) is 4.17. The zero-order chi connectivity index (χ0) is 13.5. The van der Waals surface area contributed by atoms with Gasteiger partial charge in [0.25, 0.3) is 5.91 Å². The molecule has 0 aliphatic carbocycles. The SMILES string of the molecule is Nc1ccc(C(=O)NCCNc2ccccc2)cc1. The molecule has 0 atom stereocenters. The van der Waals surface area contributed by atoms with Crippen LogP contribution in [0.15, 0.2) is 54.6 Å². The van der Waals surface area contributed by atoms with Crippen LogP contribution in [0.1, 0.15) is 10.4 Å². The smallest absolute Gasteiger partial charge is 0.251 e. The topological polar surface area (TPSA) is 67.2 Å². The van der Waals surface area contributed by atoms with Crippen LogP contribution in [0.4, 0.5) is 11.4 Å². The zero-order valence-corrected chi connectivity index (χ0v) is 10.6. The average Bonchev–Trinajstić information content (AvgIpc) is 2.45. The fourth-order valence-corrected chi connectivity index (χ4v) is 1.68. The minimum atomic E-state index is -0.0881. The van der Waals surface area contributed by atoms with E-state index < -0.39 is 0 Å². The van der Waals surface area contributed by atoms with Crippen LogP contribution < -0.4 is 16.4 Å². The highest BCUT2D eigenvalue weighted by Gasteiger charge is 2.03. The molecular formula is C15H17N3O. The van der Waals surface area contributed by atoms with Crippen molar-refractivity contribution in [3.8, 4) is 0 Å². The van der Waals surface area contributed by atoms with E-state index >= 15 is 0 Å². The Bertz CT molecular complexity index is 523. The first-order chi connectivity index (χ1) is 9.25. The lowest BCUT2D eigenvalue weighted by Crippen LogP contribution is -2.28. The van der Waals surface area contributed by atoms with Gasteiger partial charge in [0.05, 0.1) is 0 Å². The van der Waals surface area contributed by atoms with Gasteiger partial charge in [0.15, 0.2) is 0 Å². The first kappa shape index (κ1) is 13.0. The molecule has 0 spiro atoms. The number of nitrogens with one attached hydrogen (secondary N) is 2. The molecule has 4 heteroatoms. The van der Waals surface area contributed by atoms with Gasteiger partial charge in [-0.3, -0.25) is 4.79 Å². The molecule has 2 aromatic carbocycles. The maximum absolute atomic E-state index is 11.8. The molecule has 2 rings (SSSR count). The van der Waals surface area contributed by atoms with Crippen LogP contribution >= 0.6 is 0 Å². The Morgan fingerprint density at radius 3 is 2.32 bits per heavy atom. The van der Waals surface area contributed by atoms with Gasteiger partial charge in [0.1, 0.15) is 0 Å². The number of hydrogen-bond acceptors (Lipinski definition) is 3. The van der Waals surface area contributed by atoms with Crippen molar-refractivity contribution in [2.24, 2.45) is 0 Å². The summed E-state index contributed by atoms with van der Waals surface area (Å²) in [4.78, 5) is 11.8. The van der Waals surface area contributed by atoms with Crippen molar-refractivity contribution in [2.45, 2.75) is 0 Å². The molecule has 4 nitrogen and oxygen atoms in total. The van der Waals surface area contributed by atoms with Crippen molar-refractivity contribution in [2.75, 3.05) is 24.1 Å². The Kier molecular flexibility index (Phi) is 4.39. The molecule has 0 fully saturated rings. The lowest BCUT2D eigenvalue weighted by atomic mass is 10.2. The summed E-state index contributed by atoms with van der Waals surface area (Å²) in [6.07, 6.45) is 0. The van der Waals surface area contributed by atoms with Gasteiger partial charge in [0.2, 0.25) is 0 Å². The summed E-state index contributed by atoms with van der Waals surface area (Å²) in [6, 6.07) is 16.8. The van der Waals surface area contributed by atoms with Gasteiger partial charge in [0, 0.05) is 30.0 Å². The second kappa shape index (κ2) is 6.44. The molecule has 0 unspecified atom stereocenters. The van der Waals surface area contributed by atoms with Crippen LogP contribution in [0.25, 0.3) is 0 Å². The van der Waals surface area contributed by atoms with Gasteiger partial charge in [-0.15, -0.1) is 0 Å². The molecule has 0 aromatic heterocycles. The largest absolute Gasteiger partial charge is 0.399 e. The monoisotopic (exact) mass is 255 g/mol. The van der Waals surface area contributed by atoms with E-state index in [1.807, 2.05) is 30.3 Å². The summed E-state index contributed by atoms with van der Waals surface area (Å²) in [5, 5.41) is 6.07. The van der Waals surface area contributed by atoms with Gasteiger partial charge in [-0.2, -0.15) is 0 Å². The molecule has 1 amide bonds. The predicted molar refractivity (Wildman–Crippen MR) is 78.1 cm³/mol. The lowest BCUT2D eigenvalue weighted by molar-refractivity contribution is 0.0955. The number of carbonyl (C=O) groups is 1. The molecule has 98 valence electrons. The molecule has 0 bridgehead atoms. The number of rotatable bonds is 5. The number of carbonyl (C=O) groups excluding carboxylic acids is 1. The van der Waals surface area contributed by atoms with E-state index in [2.05, 4.69) is 10.6 Å². The molecule has 0 saturated heterocycles. The Hall–Kier alpha value is -2.49. The quantitative estimate of drug-likeness (QED) is 0.566. The van der Waals surface area contributed by atoms with E-state index in [1.54, 1.807) is 24.3 Å². The fraction of sp³-hybridized carbons (Fsp3) is 0.133. The third-order valence-corrected chi connectivity index (χ3v) is 2.69. The molecule has 0 aliphatic rings. The van der Waals surface area contributed by atoms with E-state index in [0.29, 0.717) is 24.3 Å². The van der Waals surface area contributed by atoms with Gasteiger partial charge in [-0.25, -0.2) is 0 Å². The van der Waals surface area contributed by atoms with Crippen molar-refractivity contribution in [1.82, 2.24) is 5.32 Å². The van der Waals surface area contributed by atoms with Gasteiger partial charge >= 0.3 is 0 Å². The van der Waals surface area contributed by atoms with E-state index in [0.717, 1.165) is 5.69 Å². The highest BCUT2D eigenvalue weighted by Crippen LogP contribution is 2.05. The molecule has 0 aliphatic heterocycles. The summed E-state index contributed by atoms with van der Waals surface area (Å²) < 4.78 is 0. The molecule has 0 heterocycles. The number of nitrogens with two attached hydrogens (primary N) is 1. The molecule has 19 heavy (non-hydrogen) atoms. The van der Waals surface area contributed by atoms with Gasteiger partial charge in [-0.1, -0.05) is 18.2 Å². The van der Waals surface area contributed by atoms with E-state index in [4.69, 9.17) is 5.73 Å². The molecule has 0 radical (unpaired) electrons. The van der Waals surface area contributed by atoms with E-state index in [-0.39, 0.29) is 5.91 Å². The summed E-state index contributed by atoms with van der Waals surface area (Å²) >= 11 is 0. The maximum atomic E-state index is 11.8. The Balaban J connectivity index is 1.74. The number of benzene rings is 2. The minimum absolute atomic E-state index is 0.0881. The van der Waals surface area contributed by atoms with Crippen molar-refractivity contribution >= 4 is 17.3 Å². The van der Waals surface area contributed by atoms with Crippen LogP contribution in [0.2, 0.25) is 0 Å². The number of anilines is 2. The number of para-hydroxylation sites is 1. The van der Waals surface area contributed by atoms with Crippen molar-refractivity contribution in [3.63, 3.8) is 0 Å².